The molecule has 30 heavy (non-hydrogen) atoms. The highest BCUT2D eigenvalue weighted by Gasteiger charge is 2.48. The lowest BCUT2D eigenvalue weighted by Gasteiger charge is -2.36. The number of hydrogen-bond donors (Lipinski definition) is 1. The molecule has 2 aliphatic rings. The van der Waals surface area contributed by atoms with E-state index >= 15 is 0 Å². The highest BCUT2D eigenvalue weighted by molar-refractivity contribution is 5.95. The molecule has 2 fully saturated rings. The Kier molecular flexibility index (Phi) is 4.36. The van der Waals surface area contributed by atoms with E-state index < -0.39 is 5.54 Å². The number of nitrogens with two attached hydrogens (primary N) is 1. The molecule has 1 aliphatic heterocycles. The van der Waals surface area contributed by atoms with Gasteiger partial charge in [-0.15, -0.1) is 0 Å². The van der Waals surface area contributed by atoms with Crippen LogP contribution in [0, 0.1) is 0 Å². The summed E-state index contributed by atoms with van der Waals surface area (Å²) in [6.07, 6.45) is 3.39. The van der Waals surface area contributed by atoms with Crippen LogP contribution in [-0.4, -0.2) is 63.1 Å². The van der Waals surface area contributed by atoms with Crippen LogP contribution in [-0.2, 0) is 11.8 Å². The molecule has 0 atom stereocenters. The molecular formula is C23H25N5O2. The monoisotopic (exact) mass is 403 g/mol. The van der Waals surface area contributed by atoms with E-state index in [2.05, 4.69) is 23.3 Å². The predicted octanol–water partition coefficient (Wildman–Crippen LogP) is 2.02. The van der Waals surface area contributed by atoms with Crippen LogP contribution in [0.25, 0.3) is 22.0 Å². The van der Waals surface area contributed by atoms with Gasteiger partial charge in [0.05, 0.1) is 17.3 Å². The van der Waals surface area contributed by atoms with E-state index in [4.69, 9.17) is 5.73 Å². The molecule has 7 nitrogen and oxygen atoms in total. The van der Waals surface area contributed by atoms with E-state index in [-0.39, 0.29) is 11.8 Å². The molecule has 0 radical (unpaired) electrons. The smallest absolute Gasteiger partial charge is 0.253 e. The minimum absolute atomic E-state index is 0.00428. The van der Waals surface area contributed by atoms with Crippen LogP contribution in [0.5, 0.6) is 0 Å². The third-order valence-corrected chi connectivity index (χ3v) is 6.28. The Bertz CT molecular complexity index is 1120. The number of benzene rings is 2. The SMILES string of the molecule is Cn1ncc2ccc(-c3ccc(C(=O)N4CCN(C(=O)C5(N)CC5)CC4)cc3)cc21. The molecule has 2 heterocycles. The number of hydrogen-bond acceptors (Lipinski definition) is 4. The number of nitrogens with zero attached hydrogens (tertiary/aromatic N) is 4. The van der Waals surface area contributed by atoms with Gasteiger partial charge in [-0.25, -0.2) is 0 Å². The Balaban J connectivity index is 1.26. The molecular weight excluding hydrogens is 378 g/mol. The average molecular weight is 403 g/mol. The van der Waals surface area contributed by atoms with Gasteiger partial charge in [0.25, 0.3) is 5.91 Å². The summed E-state index contributed by atoms with van der Waals surface area (Å²) in [6.45, 7) is 2.18. The standard InChI is InChI=1S/C23H25N5O2/c1-26-20-14-18(6-7-19(20)15-25-26)16-2-4-17(5-3-16)21(29)27-10-12-28(13-11-27)22(30)23(24)8-9-23/h2-7,14-15H,8-13,24H2,1H3. The van der Waals surface area contributed by atoms with Gasteiger partial charge < -0.3 is 15.5 Å². The summed E-state index contributed by atoms with van der Waals surface area (Å²) in [7, 11) is 1.93. The molecule has 3 aromatic rings. The second-order valence-electron chi connectivity index (χ2n) is 8.36. The first-order chi connectivity index (χ1) is 14.4. The molecule has 7 heteroatoms. The van der Waals surface area contributed by atoms with E-state index in [1.165, 1.54) is 0 Å². The van der Waals surface area contributed by atoms with Crippen molar-refractivity contribution in [3.63, 3.8) is 0 Å². The lowest BCUT2D eigenvalue weighted by Crippen LogP contribution is -2.55. The molecule has 0 bridgehead atoms. The summed E-state index contributed by atoms with van der Waals surface area (Å²) in [6, 6.07) is 14.0. The van der Waals surface area contributed by atoms with Gasteiger partial charge in [-0.3, -0.25) is 14.3 Å². The molecule has 154 valence electrons. The fourth-order valence-electron chi connectivity index (χ4n) is 4.09. The van der Waals surface area contributed by atoms with Gasteiger partial charge in [-0.1, -0.05) is 24.3 Å². The van der Waals surface area contributed by atoms with Gasteiger partial charge in [0.15, 0.2) is 0 Å². The summed E-state index contributed by atoms with van der Waals surface area (Å²) < 4.78 is 1.86. The number of carbonyl (C=O) groups is 2. The van der Waals surface area contributed by atoms with Crippen molar-refractivity contribution in [2.75, 3.05) is 26.2 Å². The maximum atomic E-state index is 12.9. The van der Waals surface area contributed by atoms with Gasteiger partial charge in [0, 0.05) is 44.2 Å². The number of fused-ring (bicyclic) bond motifs is 1. The van der Waals surface area contributed by atoms with E-state index in [9.17, 15) is 9.59 Å². The predicted molar refractivity (Wildman–Crippen MR) is 115 cm³/mol. The summed E-state index contributed by atoms with van der Waals surface area (Å²) in [5.74, 6) is 0.0361. The third kappa shape index (κ3) is 3.25. The van der Waals surface area contributed by atoms with Crippen LogP contribution in [0.3, 0.4) is 0 Å². The maximum absolute atomic E-state index is 12.9. The Morgan fingerprint density at radius 2 is 1.57 bits per heavy atom. The Morgan fingerprint density at radius 3 is 2.23 bits per heavy atom. The first-order valence-corrected chi connectivity index (χ1v) is 10.3. The van der Waals surface area contributed by atoms with Crippen LogP contribution in [0.15, 0.2) is 48.7 Å². The minimum atomic E-state index is -0.638. The fourth-order valence-corrected chi connectivity index (χ4v) is 4.09. The van der Waals surface area contributed by atoms with Crippen LogP contribution in [0.4, 0.5) is 0 Å². The molecule has 2 amide bonds. The summed E-state index contributed by atoms with van der Waals surface area (Å²) in [4.78, 5) is 28.9. The highest BCUT2D eigenvalue weighted by atomic mass is 16.2. The summed E-state index contributed by atoms with van der Waals surface area (Å²) >= 11 is 0. The van der Waals surface area contributed by atoms with E-state index in [1.54, 1.807) is 4.90 Å². The van der Waals surface area contributed by atoms with Crippen LogP contribution in [0.2, 0.25) is 0 Å². The van der Waals surface area contributed by atoms with Crippen molar-refractivity contribution in [3.05, 3.63) is 54.2 Å². The largest absolute Gasteiger partial charge is 0.338 e. The highest BCUT2D eigenvalue weighted by Crippen LogP contribution is 2.34. The van der Waals surface area contributed by atoms with Gasteiger partial charge >= 0.3 is 0 Å². The average Bonchev–Trinajstić information content (AvgIpc) is 3.44. The Hall–Kier alpha value is -3.19. The second-order valence-corrected chi connectivity index (χ2v) is 8.36. The van der Waals surface area contributed by atoms with Crippen molar-refractivity contribution < 1.29 is 9.59 Å². The number of aryl methyl sites for hydroxylation is 1. The van der Waals surface area contributed by atoms with Crippen molar-refractivity contribution in [3.8, 4) is 11.1 Å². The van der Waals surface area contributed by atoms with Gasteiger partial charge in [-0.2, -0.15) is 5.10 Å². The van der Waals surface area contributed by atoms with E-state index in [1.807, 2.05) is 47.1 Å². The lowest BCUT2D eigenvalue weighted by atomic mass is 10.0. The third-order valence-electron chi connectivity index (χ3n) is 6.28. The van der Waals surface area contributed by atoms with Crippen molar-refractivity contribution in [1.82, 2.24) is 19.6 Å². The quantitative estimate of drug-likeness (QED) is 0.725. The second kappa shape index (κ2) is 6.95. The summed E-state index contributed by atoms with van der Waals surface area (Å²) in [5.41, 5.74) is 9.27. The van der Waals surface area contributed by atoms with Crippen molar-refractivity contribution in [2.24, 2.45) is 12.8 Å². The zero-order valence-electron chi connectivity index (χ0n) is 17.0. The Labute approximate surface area is 175 Å². The molecule has 5 rings (SSSR count). The number of rotatable bonds is 3. The van der Waals surface area contributed by atoms with Crippen molar-refractivity contribution in [1.29, 1.82) is 0 Å². The number of piperazine rings is 1. The fraction of sp³-hybridized carbons (Fsp3) is 0.348. The number of carbonyl (C=O) groups excluding carboxylic acids is 2. The topological polar surface area (TPSA) is 84.5 Å². The maximum Gasteiger partial charge on any atom is 0.253 e. The molecule has 1 saturated carbocycles. The zero-order valence-corrected chi connectivity index (χ0v) is 17.0. The van der Waals surface area contributed by atoms with Crippen LogP contribution >= 0.6 is 0 Å². The molecule has 2 N–H and O–H groups in total. The molecule has 1 aliphatic carbocycles. The van der Waals surface area contributed by atoms with Gasteiger partial charge in [0.1, 0.15) is 0 Å². The van der Waals surface area contributed by atoms with Crippen LogP contribution < -0.4 is 5.73 Å². The minimum Gasteiger partial charge on any atom is -0.338 e. The Morgan fingerprint density at radius 1 is 0.933 bits per heavy atom. The van der Waals surface area contributed by atoms with Crippen molar-refractivity contribution in [2.45, 2.75) is 18.4 Å². The zero-order chi connectivity index (χ0) is 20.9. The van der Waals surface area contributed by atoms with Gasteiger partial charge in [0.2, 0.25) is 5.91 Å². The first kappa shape index (κ1) is 18.8. The summed E-state index contributed by atoms with van der Waals surface area (Å²) in [5, 5.41) is 5.39. The molecule has 1 aromatic heterocycles. The van der Waals surface area contributed by atoms with Crippen molar-refractivity contribution >= 4 is 22.7 Å². The number of amides is 2. The normalized spacial score (nSPS) is 17.9. The molecule has 0 unspecified atom stereocenters. The van der Waals surface area contributed by atoms with Crippen LogP contribution in [0.1, 0.15) is 23.2 Å². The molecule has 1 saturated heterocycles. The van der Waals surface area contributed by atoms with E-state index in [0.29, 0.717) is 31.7 Å². The first-order valence-electron chi connectivity index (χ1n) is 10.3. The van der Waals surface area contributed by atoms with E-state index in [0.717, 1.165) is 34.9 Å². The number of aromatic nitrogens is 2. The molecule has 2 aromatic carbocycles. The molecule has 0 spiro atoms. The van der Waals surface area contributed by atoms with Gasteiger partial charge in [-0.05, 0) is 42.2 Å². The lowest BCUT2D eigenvalue weighted by molar-refractivity contribution is -0.135.